The van der Waals surface area contributed by atoms with Gasteiger partial charge in [-0.05, 0) is 25.7 Å². The molecule has 0 heterocycles. The van der Waals surface area contributed by atoms with Gasteiger partial charge in [-0.1, -0.05) is 87.8 Å². The molecule has 18 heavy (non-hydrogen) atoms. The third kappa shape index (κ3) is 10.4. The minimum atomic E-state index is 1.24. The lowest BCUT2D eigenvalue weighted by molar-refractivity contribution is 0.553. The fraction of sp³-hybridized carbons (Fsp3) is 0.667. The Hall–Kier alpha value is -0.780. The van der Waals surface area contributed by atoms with Crippen LogP contribution in [0, 0.1) is 0 Å². The van der Waals surface area contributed by atoms with Gasteiger partial charge in [0.05, 0.1) is 0 Å². The van der Waals surface area contributed by atoms with Crippen LogP contribution in [0.15, 0.2) is 36.5 Å². The summed E-state index contributed by atoms with van der Waals surface area (Å²) in [5.74, 6) is 0. The highest BCUT2D eigenvalue weighted by Crippen LogP contribution is 2.12. The van der Waals surface area contributed by atoms with Crippen LogP contribution in [-0.2, 0) is 0 Å². The standard InChI is InChI=1S/C18H30/c1-2-4-6-8-10-12-14-16-18-17-15-13-11-9-7-5-3-1/h1-6H,7-18H2/b2-1+,5-3-,6-4?. The van der Waals surface area contributed by atoms with Crippen LogP contribution in [0.3, 0.4) is 0 Å². The quantitative estimate of drug-likeness (QED) is 0.467. The zero-order valence-electron chi connectivity index (χ0n) is 11.9. The molecule has 0 aromatic carbocycles. The maximum Gasteiger partial charge on any atom is -0.0348 e. The topological polar surface area (TPSA) is 0 Å². The monoisotopic (exact) mass is 246 g/mol. The Labute approximate surface area is 114 Å². The van der Waals surface area contributed by atoms with E-state index in [9.17, 15) is 0 Å². The molecule has 0 unspecified atom stereocenters. The molecule has 0 spiro atoms. The Morgan fingerprint density at radius 1 is 0.333 bits per heavy atom. The molecule has 0 N–H and O–H groups in total. The van der Waals surface area contributed by atoms with Crippen molar-refractivity contribution in [1.82, 2.24) is 0 Å². The third-order valence-corrected chi connectivity index (χ3v) is 3.60. The molecule has 102 valence electrons. The Balaban J connectivity index is 2.20. The highest BCUT2D eigenvalue weighted by atomic mass is 14.0. The third-order valence-electron chi connectivity index (χ3n) is 3.60. The second-order valence-electron chi connectivity index (χ2n) is 5.35. The van der Waals surface area contributed by atoms with Crippen LogP contribution in [0.2, 0.25) is 0 Å². The van der Waals surface area contributed by atoms with E-state index in [1.54, 1.807) is 0 Å². The fourth-order valence-corrected chi connectivity index (χ4v) is 2.42. The van der Waals surface area contributed by atoms with Crippen molar-refractivity contribution in [3.8, 4) is 0 Å². The van der Waals surface area contributed by atoms with Gasteiger partial charge in [-0.25, -0.2) is 0 Å². The van der Waals surface area contributed by atoms with Crippen LogP contribution in [0.4, 0.5) is 0 Å². The first-order valence-corrected chi connectivity index (χ1v) is 7.98. The molecule has 1 rings (SSSR count). The molecule has 0 bridgehead atoms. The minimum absolute atomic E-state index is 1.24. The van der Waals surface area contributed by atoms with E-state index in [4.69, 9.17) is 0 Å². The summed E-state index contributed by atoms with van der Waals surface area (Å²) < 4.78 is 0. The van der Waals surface area contributed by atoms with Crippen molar-refractivity contribution in [1.29, 1.82) is 0 Å². The highest BCUT2D eigenvalue weighted by Gasteiger charge is 1.92. The smallest absolute Gasteiger partial charge is 0.0348 e. The molecule has 0 aromatic heterocycles. The summed E-state index contributed by atoms with van der Waals surface area (Å²) >= 11 is 0. The average molecular weight is 246 g/mol. The molecule has 0 nitrogen and oxygen atoms in total. The van der Waals surface area contributed by atoms with Gasteiger partial charge in [0.1, 0.15) is 0 Å². The van der Waals surface area contributed by atoms with Crippen molar-refractivity contribution in [2.45, 2.75) is 77.0 Å². The number of rotatable bonds is 0. The van der Waals surface area contributed by atoms with Crippen molar-refractivity contribution in [3.05, 3.63) is 36.5 Å². The Morgan fingerprint density at radius 2 is 0.667 bits per heavy atom. The summed E-state index contributed by atoms with van der Waals surface area (Å²) in [5, 5.41) is 0. The van der Waals surface area contributed by atoms with Crippen molar-refractivity contribution in [2.75, 3.05) is 0 Å². The van der Waals surface area contributed by atoms with Crippen LogP contribution < -0.4 is 0 Å². The Kier molecular flexibility index (Phi) is 10.8. The lowest BCUT2D eigenvalue weighted by atomic mass is 10.0. The summed E-state index contributed by atoms with van der Waals surface area (Å²) in [4.78, 5) is 0. The molecule has 0 amide bonds. The second kappa shape index (κ2) is 12.7. The van der Waals surface area contributed by atoms with Gasteiger partial charge in [0.15, 0.2) is 0 Å². The van der Waals surface area contributed by atoms with Crippen LogP contribution in [0.5, 0.6) is 0 Å². The van der Waals surface area contributed by atoms with Gasteiger partial charge >= 0.3 is 0 Å². The number of allylic oxidation sites excluding steroid dienone is 6. The van der Waals surface area contributed by atoms with Crippen LogP contribution in [0.1, 0.15) is 77.0 Å². The van der Waals surface area contributed by atoms with E-state index in [2.05, 4.69) is 36.5 Å². The van der Waals surface area contributed by atoms with Crippen molar-refractivity contribution in [2.24, 2.45) is 0 Å². The van der Waals surface area contributed by atoms with E-state index < -0.39 is 0 Å². The molecule has 0 aliphatic heterocycles. The molecule has 0 saturated heterocycles. The number of hydrogen-bond acceptors (Lipinski definition) is 0. The van der Waals surface area contributed by atoms with Gasteiger partial charge in [0.25, 0.3) is 0 Å². The lowest BCUT2D eigenvalue weighted by Crippen LogP contribution is -1.82. The largest absolute Gasteiger partial charge is 0.0845 e. The highest BCUT2D eigenvalue weighted by molar-refractivity contribution is 5.10. The van der Waals surface area contributed by atoms with Crippen LogP contribution in [0.25, 0.3) is 0 Å². The molecule has 0 atom stereocenters. The Bertz CT molecular complexity index is 219. The second-order valence-corrected chi connectivity index (χ2v) is 5.35. The SMILES string of the molecule is C1=CCCCCCCCCCCCC/C=C\C=C\1. The molecule has 0 heteroatoms. The Morgan fingerprint density at radius 3 is 1.06 bits per heavy atom. The summed E-state index contributed by atoms with van der Waals surface area (Å²) in [7, 11) is 0. The first-order chi connectivity index (χ1) is 9.00. The molecular formula is C18H30. The zero-order chi connectivity index (χ0) is 12.7. The predicted molar refractivity (Wildman–Crippen MR) is 82.8 cm³/mol. The van der Waals surface area contributed by atoms with Crippen molar-refractivity contribution < 1.29 is 0 Å². The summed E-state index contributed by atoms with van der Waals surface area (Å²) in [6.07, 6.45) is 30.0. The lowest BCUT2D eigenvalue weighted by Gasteiger charge is -2.02. The van der Waals surface area contributed by atoms with Crippen LogP contribution in [-0.4, -0.2) is 0 Å². The fourth-order valence-electron chi connectivity index (χ4n) is 2.42. The van der Waals surface area contributed by atoms with Crippen LogP contribution >= 0.6 is 0 Å². The summed E-state index contributed by atoms with van der Waals surface area (Å²) in [6.45, 7) is 0. The molecule has 0 fully saturated rings. The van der Waals surface area contributed by atoms with Gasteiger partial charge in [-0.3, -0.25) is 0 Å². The zero-order valence-corrected chi connectivity index (χ0v) is 11.9. The molecular weight excluding hydrogens is 216 g/mol. The van der Waals surface area contributed by atoms with E-state index in [1.165, 1.54) is 77.0 Å². The van der Waals surface area contributed by atoms with Crippen molar-refractivity contribution >= 4 is 0 Å². The van der Waals surface area contributed by atoms with E-state index in [0.29, 0.717) is 0 Å². The summed E-state index contributed by atoms with van der Waals surface area (Å²) in [6, 6.07) is 0. The van der Waals surface area contributed by atoms with E-state index >= 15 is 0 Å². The average Bonchev–Trinajstić information content (AvgIpc) is 2.39. The molecule has 0 aromatic rings. The van der Waals surface area contributed by atoms with E-state index in [1.807, 2.05) is 0 Å². The maximum atomic E-state index is 2.30. The molecule has 0 saturated carbocycles. The minimum Gasteiger partial charge on any atom is -0.0845 e. The predicted octanol–water partition coefficient (Wildman–Crippen LogP) is 6.35. The van der Waals surface area contributed by atoms with Gasteiger partial charge in [-0.15, -0.1) is 0 Å². The van der Waals surface area contributed by atoms with E-state index in [-0.39, 0.29) is 0 Å². The van der Waals surface area contributed by atoms with E-state index in [0.717, 1.165) is 0 Å². The normalized spacial score (nSPS) is 24.9. The number of hydrogen-bond donors (Lipinski definition) is 0. The van der Waals surface area contributed by atoms with Gasteiger partial charge < -0.3 is 0 Å². The molecule has 0 radical (unpaired) electrons. The summed E-state index contributed by atoms with van der Waals surface area (Å²) in [5.41, 5.74) is 0. The maximum absolute atomic E-state index is 2.30. The van der Waals surface area contributed by atoms with Gasteiger partial charge in [-0.2, -0.15) is 0 Å². The first-order valence-electron chi connectivity index (χ1n) is 7.98. The first kappa shape index (κ1) is 15.3. The molecule has 1 aliphatic carbocycles. The molecule has 1 aliphatic rings. The van der Waals surface area contributed by atoms with Crippen molar-refractivity contribution in [3.63, 3.8) is 0 Å². The van der Waals surface area contributed by atoms with Gasteiger partial charge in [0.2, 0.25) is 0 Å². The van der Waals surface area contributed by atoms with Gasteiger partial charge in [0, 0.05) is 0 Å².